The Bertz CT molecular complexity index is 818. The fourth-order valence-corrected chi connectivity index (χ4v) is 3.48. The van der Waals surface area contributed by atoms with E-state index in [0.29, 0.717) is 24.3 Å². The van der Waals surface area contributed by atoms with Gasteiger partial charge >= 0.3 is 0 Å². The molecule has 1 saturated heterocycles. The standard InChI is InChI=1S/C22H29FN4O2/c1-24-22(25-14-17-13-20(29-2)7-8-21(17)28)26-19-9-11-27(12-10-19)15-16-3-5-18(23)6-4-16/h3-8,13,19,28H,9-12,14-15H2,1-2H3,(H2,24,25,26). The van der Waals surface area contributed by atoms with E-state index >= 15 is 0 Å². The van der Waals surface area contributed by atoms with Crippen molar-refractivity contribution in [1.29, 1.82) is 0 Å². The molecular weight excluding hydrogens is 371 g/mol. The quantitative estimate of drug-likeness (QED) is 0.514. The molecule has 0 amide bonds. The van der Waals surface area contributed by atoms with Crippen molar-refractivity contribution in [2.75, 3.05) is 27.2 Å². The van der Waals surface area contributed by atoms with Crippen molar-refractivity contribution >= 4 is 5.96 Å². The van der Waals surface area contributed by atoms with Crippen molar-refractivity contribution < 1.29 is 14.2 Å². The minimum Gasteiger partial charge on any atom is -0.508 e. The summed E-state index contributed by atoms with van der Waals surface area (Å²) in [5, 5.41) is 16.7. The van der Waals surface area contributed by atoms with Crippen molar-refractivity contribution in [1.82, 2.24) is 15.5 Å². The van der Waals surface area contributed by atoms with Gasteiger partial charge in [0.15, 0.2) is 5.96 Å². The second-order valence-electron chi connectivity index (χ2n) is 7.24. The first-order valence-electron chi connectivity index (χ1n) is 9.87. The lowest BCUT2D eigenvalue weighted by Crippen LogP contribution is -2.48. The predicted molar refractivity (Wildman–Crippen MR) is 113 cm³/mol. The number of piperidine rings is 1. The summed E-state index contributed by atoms with van der Waals surface area (Å²) < 4.78 is 18.3. The van der Waals surface area contributed by atoms with E-state index in [0.717, 1.165) is 43.6 Å². The average Bonchev–Trinajstić information content (AvgIpc) is 2.75. The Hall–Kier alpha value is -2.80. The lowest BCUT2D eigenvalue weighted by atomic mass is 10.0. The van der Waals surface area contributed by atoms with E-state index in [4.69, 9.17) is 4.74 Å². The van der Waals surface area contributed by atoms with Crippen LogP contribution in [-0.2, 0) is 13.1 Å². The molecule has 1 aliphatic heterocycles. The zero-order valence-corrected chi connectivity index (χ0v) is 17.0. The molecule has 0 aromatic heterocycles. The number of methoxy groups -OCH3 is 1. The average molecular weight is 400 g/mol. The number of aromatic hydroxyl groups is 1. The molecule has 1 fully saturated rings. The van der Waals surface area contributed by atoms with Gasteiger partial charge in [-0.15, -0.1) is 0 Å². The first kappa shape index (κ1) is 20.9. The van der Waals surface area contributed by atoms with Crippen LogP contribution in [0.2, 0.25) is 0 Å². The number of ether oxygens (including phenoxy) is 1. The highest BCUT2D eigenvalue weighted by Gasteiger charge is 2.20. The molecule has 3 rings (SSSR count). The first-order chi connectivity index (χ1) is 14.1. The van der Waals surface area contributed by atoms with Crippen molar-refractivity contribution in [3.8, 4) is 11.5 Å². The first-order valence-corrected chi connectivity index (χ1v) is 9.87. The van der Waals surface area contributed by atoms with Gasteiger partial charge < -0.3 is 20.5 Å². The summed E-state index contributed by atoms with van der Waals surface area (Å²) in [6.45, 7) is 3.24. The number of hydrogen-bond acceptors (Lipinski definition) is 4. The maximum absolute atomic E-state index is 13.0. The molecule has 0 unspecified atom stereocenters. The normalized spacial score (nSPS) is 15.9. The van der Waals surface area contributed by atoms with Crippen LogP contribution in [-0.4, -0.2) is 49.3 Å². The summed E-state index contributed by atoms with van der Waals surface area (Å²) in [6, 6.07) is 12.2. The van der Waals surface area contributed by atoms with Crippen molar-refractivity contribution in [3.05, 3.63) is 59.4 Å². The molecule has 1 heterocycles. The summed E-state index contributed by atoms with van der Waals surface area (Å²) >= 11 is 0. The van der Waals surface area contributed by atoms with Gasteiger partial charge in [-0.2, -0.15) is 0 Å². The Kier molecular flexibility index (Phi) is 7.30. The van der Waals surface area contributed by atoms with Crippen LogP contribution in [0, 0.1) is 5.82 Å². The number of nitrogens with zero attached hydrogens (tertiary/aromatic N) is 2. The molecule has 0 bridgehead atoms. The summed E-state index contributed by atoms with van der Waals surface area (Å²) in [5.74, 6) is 1.45. The van der Waals surface area contributed by atoms with Crippen LogP contribution in [0.1, 0.15) is 24.0 Å². The fourth-order valence-electron chi connectivity index (χ4n) is 3.48. The molecule has 0 saturated carbocycles. The van der Waals surface area contributed by atoms with Crippen molar-refractivity contribution in [3.63, 3.8) is 0 Å². The van der Waals surface area contributed by atoms with E-state index in [1.54, 1.807) is 26.3 Å². The molecule has 3 N–H and O–H groups in total. The Morgan fingerprint density at radius 1 is 1.21 bits per heavy atom. The van der Waals surface area contributed by atoms with Crippen LogP contribution in [0.5, 0.6) is 11.5 Å². The van der Waals surface area contributed by atoms with Crippen LogP contribution in [0.3, 0.4) is 0 Å². The Morgan fingerprint density at radius 3 is 2.59 bits per heavy atom. The molecule has 0 atom stereocenters. The Morgan fingerprint density at radius 2 is 1.93 bits per heavy atom. The maximum atomic E-state index is 13.0. The maximum Gasteiger partial charge on any atom is 0.191 e. The summed E-state index contributed by atoms with van der Waals surface area (Å²) in [6.07, 6.45) is 2.01. The minimum absolute atomic E-state index is 0.196. The molecule has 1 aliphatic rings. The third-order valence-electron chi connectivity index (χ3n) is 5.20. The van der Waals surface area contributed by atoms with Gasteiger partial charge in [-0.3, -0.25) is 9.89 Å². The number of halogens is 1. The molecule has 7 heteroatoms. The molecule has 29 heavy (non-hydrogen) atoms. The predicted octanol–water partition coefficient (Wildman–Crippen LogP) is 2.87. The molecule has 0 aliphatic carbocycles. The van der Waals surface area contributed by atoms with Gasteiger partial charge in [0, 0.05) is 44.8 Å². The zero-order valence-electron chi connectivity index (χ0n) is 17.0. The summed E-state index contributed by atoms with van der Waals surface area (Å²) in [4.78, 5) is 6.68. The lowest BCUT2D eigenvalue weighted by molar-refractivity contribution is 0.198. The van der Waals surface area contributed by atoms with Gasteiger partial charge in [0.05, 0.1) is 7.11 Å². The largest absolute Gasteiger partial charge is 0.508 e. The number of hydrogen-bond donors (Lipinski definition) is 3. The van der Waals surface area contributed by atoms with E-state index in [9.17, 15) is 9.50 Å². The SMILES string of the molecule is CN=C(NCc1cc(OC)ccc1O)NC1CCN(Cc2ccc(F)cc2)CC1. The minimum atomic E-state index is -0.196. The van der Waals surface area contributed by atoms with E-state index in [-0.39, 0.29) is 11.6 Å². The van der Waals surface area contributed by atoms with E-state index < -0.39 is 0 Å². The molecule has 6 nitrogen and oxygen atoms in total. The Labute approximate surface area is 171 Å². The van der Waals surface area contributed by atoms with E-state index in [1.807, 2.05) is 18.2 Å². The van der Waals surface area contributed by atoms with Crippen LogP contribution in [0.15, 0.2) is 47.5 Å². The lowest BCUT2D eigenvalue weighted by Gasteiger charge is -2.33. The number of likely N-dealkylation sites (tertiary alicyclic amines) is 1. The van der Waals surface area contributed by atoms with Gasteiger partial charge in [-0.05, 0) is 48.7 Å². The smallest absolute Gasteiger partial charge is 0.191 e. The molecule has 0 spiro atoms. The monoisotopic (exact) mass is 400 g/mol. The third kappa shape index (κ3) is 6.09. The molecule has 156 valence electrons. The second-order valence-corrected chi connectivity index (χ2v) is 7.24. The van der Waals surface area contributed by atoms with Crippen LogP contribution in [0.4, 0.5) is 4.39 Å². The number of phenols is 1. The highest BCUT2D eigenvalue weighted by molar-refractivity contribution is 5.80. The van der Waals surface area contributed by atoms with Crippen molar-refractivity contribution in [2.45, 2.75) is 32.0 Å². The van der Waals surface area contributed by atoms with Crippen LogP contribution in [0.25, 0.3) is 0 Å². The molecular formula is C22H29FN4O2. The van der Waals surface area contributed by atoms with E-state index in [1.165, 1.54) is 12.1 Å². The van der Waals surface area contributed by atoms with E-state index in [2.05, 4.69) is 20.5 Å². The number of benzene rings is 2. The topological polar surface area (TPSA) is 69.1 Å². The summed E-state index contributed by atoms with van der Waals surface area (Å²) in [7, 11) is 3.34. The van der Waals surface area contributed by atoms with Gasteiger partial charge in [-0.25, -0.2) is 4.39 Å². The highest BCUT2D eigenvalue weighted by atomic mass is 19.1. The molecule has 2 aromatic rings. The number of nitrogens with one attached hydrogen (secondary N) is 2. The number of aliphatic imine (C=N–C) groups is 1. The number of phenolic OH excluding ortho intramolecular Hbond substituents is 1. The van der Waals surface area contributed by atoms with Gasteiger partial charge in [0.2, 0.25) is 0 Å². The number of guanidine groups is 1. The van der Waals surface area contributed by atoms with Gasteiger partial charge in [0.1, 0.15) is 17.3 Å². The second kappa shape index (κ2) is 10.1. The summed E-state index contributed by atoms with van der Waals surface area (Å²) in [5.41, 5.74) is 1.88. The van der Waals surface area contributed by atoms with Crippen LogP contribution >= 0.6 is 0 Å². The zero-order chi connectivity index (χ0) is 20.6. The molecule has 2 aromatic carbocycles. The number of rotatable bonds is 6. The van der Waals surface area contributed by atoms with Crippen LogP contribution < -0.4 is 15.4 Å². The Balaban J connectivity index is 1.45. The highest BCUT2D eigenvalue weighted by Crippen LogP contribution is 2.22. The van der Waals surface area contributed by atoms with Gasteiger partial charge in [0.25, 0.3) is 0 Å². The fraction of sp³-hybridized carbons (Fsp3) is 0.409. The molecule has 0 radical (unpaired) electrons. The third-order valence-corrected chi connectivity index (χ3v) is 5.20. The van der Waals surface area contributed by atoms with Crippen molar-refractivity contribution in [2.24, 2.45) is 4.99 Å². The van der Waals surface area contributed by atoms with Gasteiger partial charge in [-0.1, -0.05) is 12.1 Å².